The molecule has 1 atom stereocenters. The number of carbonyl (C=O) groups is 1. The highest BCUT2D eigenvalue weighted by atomic mass is 32.2. The van der Waals surface area contributed by atoms with Crippen LogP contribution in [0.15, 0.2) is 41.9 Å². The van der Waals surface area contributed by atoms with Crippen molar-refractivity contribution in [1.82, 2.24) is 29.5 Å². The second-order valence-corrected chi connectivity index (χ2v) is 8.56. The number of likely N-dealkylation sites (tertiary alicyclic amines) is 1. The summed E-state index contributed by atoms with van der Waals surface area (Å²) in [6.07, 6.45) is 8.51. The smallest absolute Gasteiger partial charge is 0.253 e. The van der Waals surface area contributed by atoms with Gasteiger partial charge < -0.3 is 4.90 Å². The molecule has 1 fully saturated rings. The molecule has 0 radical (unpaired) electrons. The number of pyridine rings is 1. The Morgan fingerprint density at radius 2 is 2.00 bits per heavy atom. The molecular weight excluding hydrogens is 368 g/mol. The van der Waals surface area contributed by atoms with Gasteiger partial charge in [0.25, 0.3) is 11.7 Å². The van der Waals surface area contributed by atoms with Gasteiger partial charge >= 0.3 is 0 Å². The van der Waals surface area contributed by atoms with Gasteiger partial charge in [-0.2, -0.15) is 14.6 Å². The Morgan fingerprint density at radius 3 is 2.74 bits per heavy atom. The molecule has 0 spiro atoms. The quantitative estimate of drug-likeness (QED) is 0.659. The summed E-state index contributed by atoms with van der Waals surface area (Å²) in [4.78, 5) is 26.8. The predicted octanol–water partition coefficient (Wildman–Crippen LogP) is 0.943. The van der Waals surface area contributed by atoms with Gasteiger partial charge in [-0.05, 0) is 25.0 Å². The van der Waals surface area contributed by atoms with Crippen LogP contribution in [0.1, 0.15) is 34.8 Å². The summed E-state index contributed by atoms with van der Waals surface area (Å²) in [7, 11) is -3.50. The van der Waals surface area contributed by atoms with E-state index in [2.05, 4.69) is 20.1 Å². The maximum Gasteiger partial charge on any atom is 0.253 e. The minimum Gasteiger partial charge on any atom is -0.338 e. The van der Waals surface area contributed by atoms with E-state index in [1.807, 2.05) is 0 Å². The molecular formula is C17H18N6O3S. The molecule has 1 saturated heterocycles. The Hall–Kier alpha value is -2.88. The first kappa shape index (κ1) is 17.5. The van der Waals surface area contributed by atoms with Crippen LogP contribution in [0.5, 0.6) is 0 Å². The van der Waals surface area contributed by atoms with Crippen molar-refractivity contribution in [2.24, 2.45) is 0 Å². The lowest BCUT2D eigenvalue weighted by molar-refractivity contribution is 0.0704. The number of carbonyl (C=O) groups excluding carboxylic acids is 1. The zero-order valence-electron chi connectivity index (χ0n) is 14.7. The van der Waals surface area contributed by atoms with Crippen LogP contribution in [0, 0.1) is 0 Å². The SMILES string of the molecule is CS(=O)(=O)c1cnc2ncnn2c1[C@H]1CCCN(C(=O)c2ccncc2)C1. The van der Waals surface area contributed by atoms with E-state index in [-0.39, 0.29) is 16.7 Å². The fourth-order valence-corrected chi connectivity index (χ4v) is 4.38. The minimum absolute atomic E-state index is 0.0908. The number of fused-ring (bicyclic) bond motifs is 1. The summed E-state index contributed by atoms with van der Waals surface area (Å²) in [5, 5.41) is 4.16. The van der Waals surface area contributed by atoms with E-state index in [1.165, 1.54) is 17.0 Å². The second-order valence-electron chi connectivity index (χ2n) is 6.58. The summed E-state index contributed by atoms with van der Waals surface area (Å²) in [6, 6.07) is 3.35. The van der Waals surface area contributed by atoms with Gasteiger partial charge in [-0.25, -0.2) is 13.4 Å². The summed E-state index contributed by atoms with van der Waals surface area (Å²) in [6.45, 7) is 1.03. The van der Waals surface area contributed by atoms with Gasteiger partial charge in [-0.3, -0.25) is 9.78 Å². The summed E-state index contributed by atoms with van der Waals surface area (Å²) < 4.78 is 26.1. The van der Waals surface area contributed by atoms with Crippen molar-refractivity contribution >= 4 is 21.5 Å². The van der Waals surface area contributed by atoms with E-state index in [9.17, 15) is 13.2 Å². The molecule has 9 nitrogen and oxygen atoms in total. The molecule has 0 unspecified atom stereocenters. The van der Waals surface area contributed by atoms with Crippen LogP contribution in [-0.4, -0.2) is 63.1 Å². The van der Waals surface area contributed by atoms with Crippen LogP contribution in [0.25, 0.3) is 5.78 Å². The molecule has 3 aromatic rings. The lowest BCUT2D eigenvalue weighted by atomic mass is 9.94. The molecule has 4 heterocycles. The molecule has 10 heteroatoms. The molecule has 27 heavy (non-hydrogen) atoms. The number of rotatable bonds is 3. The van der Waals surface area contributed by atoms with Crippen LogP contribution in [0.4, 0.5) is 0 Å². The average Bonchev–Trinajstić information content (AvgIpc) is 3.15. The Balaban J connectivity index is 1.73. The number of amides is 1. The Labute approximate surface area is 156 Å². The first-order valence-electron chi connectivity index (χ1n) is 8.53. The molecule has 0 N–H and O–H groups in total. The van der Waals surface area contributed by atoms with Crippen molar-refractivity contribution in [3.63, 3.8) is 0 Å². The molecule has 0 bridgehead atoms. The number of aromatic nitrogens is 5. The summed E-state index contributed by atoms with van der Waals surface area (Å²) in [5.74, 6) is 0.0725. The van der Waals surface area contributed by atoms with Gasteiger partial charge in [0.05, 0.1) is 11.9 Å². The van der Waals surface area contributed by atoms with Crippen molar-refractivity contribution < 1.29 is 13.2 Å². The van der Waals surface area contributed by atoms with Crippen LogP contribution in [0.2, 0.25) is 0 Å². The van der Waals surface area contributed by atoms with Crippen LogP contribution >= 0.6 is 0 Å². The number of sulfone groups is 1. The molecule has 1 aliphatic rings. The Bertz CT molecular complexity index is 1100. The van der Waals surface area contributed by atoms with Crippen molar-refractivity contribution in [2.75, 3.05) is 19.3 Å². The van der Waals surface area contributed by atoms with Gasteiger partial charge in [0.2, 0.25) is 0 Å². The van der Waals surface area contributed by atoms with Crippen molar-refractivity contribution in [3.05, 3.63) is 48.3 Å². The normalized spacial score (nSPS) is 18.0. The third kappa shape index (κ3) is 3.27. The average molecular weight is 386 g/mol. The fraction of sp³-hybridized carbons (Fsp3) is 0.353. The zero-order chi connectivity index (χ0) is 19.0. The van der Waals surface area contributed by atoms with Gasteiger partial charge in [0.1, 0.15) is 11.2 Å². The van der Waals surface area contributed by atoms with E-state index in [4.69, 9.17) is 0 Å². The molecule has 1 amide bonds. The van der Waals surface area contributed by atoms with Gasteiger partial charge in [-0.15, -0.1) is 0 Å². The molecule has 4 rings (SSSR count). The Kier molecular flexibility index (Phi) is 4.34. The molecule has 0 aromatic carbocycles. The van der Waals surface area contributed by atoms with E-state index < -0.39 is 9.84 Å². The summed E-state index contributed by atoms with van der Waals surface area (Å²) >= 11 is 0. The van der Waals surface area contributed by atoms with Gasteiger partial charge in [-0.1, -0.05) is 0 Å². The van der Waals surface area contributed by atoms with Crippen molar-refractivity contribution in [3.8, 4) is 0 Å². The zero-order valence-corrected chi connectivity index (χ0v) is 15.5. The topological polar surface area (TPSA) is 110 Å². The van der Waals surface area contributed by atoms with Crippen LogP contribution in [0.3, 0.4) is 0 Å². The Morgan fingerprint density at radius 1 is 1.22 bits per heavy atom. The highest BCUT2D eigenvalue weighted by Gasteiger charge is 2.31. The van der Waals surface area contributed by atoms with Crippen molar-refractivity contribution in [1.29, 1.82) is 0 Å². The largest absolute Gasteiger partial charge is 0.338 e. The molecule has 1 aliphatic heterocycles. The highest BCUT2D eigenvalue weighted by molar-refractivity contribution is 7.90. The monoisotopic (exact) mass is 386 g/mol. The van der Waals surface area contributed by atoms with E-state index in [0.29, 0.717) is 30.1 Å². The molecule has 0 aliphatic carbocycles. The number of piperidine rings is 1. The van der Waals surface area contributed by atoms with Crippen molar-refractivity contribution in [2.45, 2.75) is 23.7 Å². The number of hydrogen-bond acceptors (Lipinski definition) is 7. The van der Waals surface area contributed by atoms with E-state index in [1.54, 1.807) is 29.4 Å². The van der Waals surface area contributed by atoms with Gasteiger partial charge in [0.15, 0.2) is 9.84 Å². The maximum atomic E-state index is 12.8. The molecule has 3 aromatic heterocycles. The third-order valence-electron chi connectivity index (χ3n) is 4.73. The first-order valence-corrected chi connectivity index (χ1v) is 10.4. The highest BCUT2D eigenvalue weighted by Crippen LogP contribution is 2.31. The maximum absolute atomic E-state index is 12.8. The number of nitrogens with zero attached hydrogens (tertiary/aromatic N) is 6. The fourth-order valence-electron chi connectivity index (χ4n) is 3.50. The lowest BCUT2D eigenvalue weighted by Gasteiger charge is -2.33. The first-order chi connectivity index (χ1) is 12.9. The van der Waals surface area contributed by atoms with E-state index in [0.717, 1.165) is 19.1 Å². The third-order valence-corrected chi connectivity index (χ3v) is 5.84. The van der Waals surface area contributed by atoms with Crippen LogP contribution < -0.4 is 0 Å². The lowest BCUT2D eigenvalue weighted by Crippen LogP contribution is -2.40. The standard InChI is InChI=1S/C17H18N6O3S/c1-27(25,26)14-9-19-17-20-11-21-23(17)15(14)13-3-2-8-22(10-13)16(24)12-4-6-18-7-5-12/h4-7,9,11,13H,2-3,8,10H2,1H3/t13-/m0/s1. The minimum atomic E-state index is -3.50. The number of hydrogen-bond donors (Lipinski definition) is 0. The second kappa shape index (κ2) is 6.69. The molecule has 0 saturated carbocycles. The summed E-state index contributed by atoms with van der Waals surface area (Å²) in [5.41, 5.74) is 1.10. The van der Waals surface area contributed by atoms with Gasteiger partial charge in [0, 0.05) is 43.2 Å². The molecule has 140 valence electrons. The predicted molar refractivity (Wildman–Crippen MR) is 96.0 cm³/mol. The van der Waals surface area contributed by atoms with Crippen LogP contribution in [-0.2, 0) is 9.84 Å². The van der Waals surface area contributed by atoms with E-state index >= 15 is 0 Å².